The molecular formula is C19H21N3O2. The monoisotopic (exact) mass is 323 g/mol. The van der Waals surface area contributed by atoms with E-state index in [1.807, 2.05) is 32.9 Å². The van der Waals surface area contributed by atoms with Crippen LogP contribution >= 0.6 is 0 Å². The second kappa shape index (κ2) is 6.43. The summed E-state index contributed by atoms with van der Waals surface area (Å²) >= 11 is 0. The van der Waals surface area contributed by atoms with Gasteiger partial charge in [-0.3, -0.25) is 14.6 Å². The summed E-state index contributed by atoms with van der Waals surface area (Å²) in [6.07, 6.45) is 5.00. The third kappa shape index (κ3) is 3.62. The minimum Gasteiger partial charge on any atom is -0.349 e. The highest BCUT2D eigenvalue weighted by Gasteiger charge is 2.24. The molecule has 0 atom stereocenters. The maximum Gasteiger partial charge on any atom is 0.257 e. The molecule has 1 aromatic heterocycles. The van der Waals surface area contributed by atoms with Crippen molar-refractivity contribution in [1.29, 1.82) is 0 Å². The number of benzene rings is 1. The van der Waals surface area contributed by atoms with Crippen LogP contribution in [0.15, 0.2) is 30.6 Å². The Balaban J connectivity index is 1.79. The van der Waals surface area contributed by atoms with Crippen LogP contribution in [-0.4, -0.2) is 22.8 Å². The Morgan fingerprint density at radius 2 is 1.54 bits per heavy atom. The largest absolute Gasteiger partial charge is 0.349 e. The molecular weight excluding hydrogens is 302 g/mol. The van der Waals surface area contributed by atoms with Crippen LogP contribution in [-0.2, 0) is 0 Å². The van der Waals surface area contributed by atoms with Crippen molar-refractivity contribution in [3.05, 3.63) is 58.4 Å². The summed E-state index contributed by atoms with van der Waals surface area (Å²) in [7, 11) is 0. The molecule has 1 aliphatic carbocycles. The molecule has 24 heavy (non-hydrogen) atoms. The fourth-order valence-electron chi connectivity index (χ4n) is 2.75. The van der Waals surface area contributed by atoms with Gasteiger partial charge < -0.3 is 10.6 Å². The van der Waals surface area contributed by atoms with E-state index in [-0.39, 0.29) is 17.9 Å². The quantitative estimate of drug-likeness (QED) is 0.908. The van der Waals surface area contributed by atoms with Crippen molar-refractivity contribution in [3.63, 3.8) is 0 Å². The number of anilines is 1. The predicted molar refractivity (Wildman–Crippen MR) is 93.3 cm³/mol. The maximum absolute atomic E-state index is 12.5. The Morgan fingerprint density at radius 3 is 2.12 bits per heavy atom. The van der Waals surface area contributed by atoms with Gasteiger partial charge in [0, 0.05) is 24.1 Å². The molecule has 5 nitrogen and oxygen atoms in total. The van der Waals surface area contributed by atoms with Crippen LogP contribution in [0.1, 0.15) is 50.2 Å². The number of hydrogen-bond donors (Lipinski definition) is 2. The van der Waals surface area contributed by atoms with Crippen molar-refractivity contribution in [1.82, 2.24) is 10.3 Å². The number of rotatable bonds is 4. The molecule has 1 aromatic carbocycles. The summed E-state index contributed by atoms with van der Waals surface area (Å²) in [6, 6.07) is 5.91. The zero-order valence-corrected chi connectivity index (χ0v) is 14.1. The SMILES string of the molecule is Cc1cc(C)c(NC(=O)c2cncc(C(=O)NC3CC3)c2)c(C)c1. The number of amides is 2. The molecule has 1 heterocycles. The van der Waals surface area contributed by atoms with Crippen LogP contribution in [0.2, 0.25) is 0 Å². The topological polar surface area (TPSA) is 71.1 Å². The lowest BCUT2D eigenvalue weighted by molar-refractivity contribution is 0.0950. The fourth-order valence-corrected chi connectivity index (χ4v) is 2.75. The maximum atomic E-state index is 12.5. The standard InChI is InChI=1S/C19H21N3O2/c1-11-6-12(2)17(13(3)7-11)22-19(24)15-8-14(9-20-10-15)18(23)21-16-4-5-16/h6-10,16H,4-5H2,1-3H3,(H,21,23)(H,22,24). The van der Waals surface area contributed by atoms with Gasteiger partial charge in [0.2, 0.25) is 0 Å². The first kappa shape index (κ1) is 16.2. The van der Waals surface area contributed by atoms with Crippen LogP contribution in [0.3, 0.4) is 0 Å². The summed E-state index contributed by atoms with van der Waals surface area (Å²) in [6.45, 7) is 5.96. The second-order valence-corrected chi connectivity index (χ2v) is 6.44. The molecule has 3 rings (SSSR count). The number of nitrogens with zero attached hydrogens (tertiary/aromatic N) is 1. The van der Waals surface area contributed by atoms with Gasteiger partial charge in [-0.1, -0.05) is 17.7 Å². The lowest BCUT2D eigenvalue weighted by Gasteiger charge is -2.13. The molecule has 0 bridgehead atoms. The smallest absolute Gasteiger partial charge is 0.257 e. The van der Waals surface area contributed by atoms with Gasteiger partial charge in [0.15, 0.2) is 0 Å². The first-order chi connectivity index (χ1) is 11.4. The minimum atomic E-state index is -0.265. The molecule has 0 unspecified atom stereocenters. The molecule has 2 aromatic rings. The van der Waals surface area contributed by atoms with E-state index in [9.17, 15) is 9.59 Å². The number of aromatic nitrogens is 1. The number of pyridine rings is 1. The molecule has 1 fully saturated rings. The Bertz CT molecular complexity index is 787. The van der Waals surface area contributed by atoms with Crippen molar-refractivity contribution in [2.45, 2.75) is 39.7 Å². The van der Waals surface area contributed by atoms with Crippen molar-refractivity contribution in [2.24, 2.45) is 0 Å². The average Bonchev–Trinajstić information content (AvgIpc) is 3.34. The Kier molecular flexibility index (Phi) is 4.34. The lowest BCUT2D eigenvalue weighted by atomic mass is 10.0. The van der Waals surface area contributed by atoms with Crippen molar-refractivity contribution >= 4 is 17.5 Å². The first-order valence-electron chi connectivity index (χ1n) is 8.09. The average molecular weight is 323 g/mol. The van der Waals surface area contributed by atoms with Crippen LogP contribution in [0.25, 0.3) is 0 Å². The minimum absolute atomic E-state index is 0.178. The highest BCUT2D eigenvalue weighted by Crippen LogP contribution is 2.23. The van der Waals surface area contributed by atoms with Crippen molar-refractivity contribution in [2.75, 3.05) is 5.32 Å². The van der Waals surface area contributed by atoms with Gasteiger partial charge in [0.1, 0.15) is 0 Å². The Labute approximate surface area is 141 Å². The highest BCUT2D eigenvalue weighted by atomic mass is 16.2. The first-order valence-corrected chi connectivity index (χ1v) is 8.09. The second-order valence-electron chi connectivity index (χ2n) is 6.44. The van der Waals surface area contributed by atoms with Gasteiger partial charge in [-0.25, -0.2) is 0 Å². The van der Waals surface area contributed by atoms with E-state index in [1.165, 1.54) is 12.4 Å². The summed E-state index contributed by atoms with van der Waals surface area (Å²) in [5, 5.41) is 5.83. The van der Waals surface area contributed by atoms with Gasteiger partial charge in [0.05, 0.1) is 11.1 Å². The van der Waals surface area contributed by atoms with Crippen LogP contribution in [0.5, 0.6) is 0 Å². The van der Waals surface area contributed by atoms with Gasteiger partial charge in [0.25, 0.3) is 11.8 Å². The van der Waals surface area contributed by atoms with E-state index in [4.69, 9.17) is 0 Å². The van der Waals surface area contributed by atoms with Crippen LogP contribution in [0.4, 0.5) is 5.69 Å². The summed E-state index contributed by atoms with van der Waals surface area (Å²) in [5.74, 6) is -0.444. The van der Waals surface area contributed by atoms with E-state index in [2.05, 4.69) is 15.6 Å². The number of nitrogens with one attached hydrogen (secondary N) is 2. The van der Waals surface area contributed by atoms with Gasteiger partial charge >= 0.3 is 0 Å². The lowest BCUT2D eigenvalue weighted by Crippen LogP contribution is -2.26. The molecule has 1 saturated carbocycles. The molecule has 124 valence electrons. The normalized spacial score (nSPS) is 13.5. The van der Waals surface area contributed by atoms with E-state index in [0.717, 1.165) is 35.2 Å². The number of hydrogen-bond acceptors (Lipinski definition) is 3. The zero-order chi connectivity index (χ0) is 17.3. The van der Waals surface area contributed by atoms with E-state index in [0.29, 0.717) is 11.1 Å². The third-order valence-corrected chi connectivity index (χ3v) is 4.09. The third-order valence-electron chi connectivity index (χ3n) is 4.09. The van der Waals surface area contributed by atoms with E-state index >= 15 is 0 Å². The molecule has 0 aliphatic heterocycles. The van der Waals surface area contributed by atoms with Crippen molar-refractivity contribution in [3.8, 4) is 0 Å². The van der Waals surface area contributed by atoms with Gasteiger partial charge in [-0.05, 0) is 50.8 Å². The molecule has 2 amide bonds. The van der Waals surface area contributed by atoms with Gasteiger partial charge in [-0.2, -0.15) is 0 Å². The summed E-state index contributed by atoms with van der Waals surface area (Å²) in [4.78, 5) is 28.7. The zero-order valence-electron chi connectivity index (χ0n) is 14.1. The molecule has 2 N–H and O–H groups in total. The summed E-state index contributed by atoms with van der Waals surface area (Å²) < 4.78 is 0. The molecule has 5 heteroatoms. The highest BCUT2D eigenvalue weighted by molar-refractivity contribution is 6.06. The van der Waals surface area contributed by atoms with E-state index in [1.54, 1.807) is 6.07 Å². The predicted octanol–water partition coefficient (Wildman–Crippen LogP) is 3.15. The fraction of sp³-hybridized carbons (Fsp3) is 0.316. The Morgan fingerprint density at radius 1 is 0.958 bits per heavy atom. The van der Waals surface area contributed by atoms with Crippen LogP contribution in [0, 0.1) is 20.8 Å². The Hall–Kier alpha value is -2.69. The summed E-state index contributed by atoms with van der Waals surface area (Å²) in [5.41, 5.74) is 4.76. The van der Waals surface area contributed by atoms with Crippen LogP contribution < -0.4 is 10.6 Å². The molecule has 0 spiro atoms. The van der Waals surface area contributed by atoms with Gasteiger partial charge in [-0.15, -0.1) is 0 Å². The molecule has 1 aliphatic rings. The molecule has 0 saturated heterocycles. The molecule has 0 radical (unpaired) electrons. The van der Waals surface area contributed by atoms with Crippen molar-refractivity contribution < 1.29 is 9.59 Å². The van der Waals surface area contributed by atoms with E-state index < -0.39 is 0 Å². The number of carbonyl (C=O) groups excluding carboxylic acids is 2. The number of carbonyl (C=O) groups is 2. The number of aryl methyl sites for hydroxylation is 3.